The summed E-state index contributed by atoms with van der Waals surface area (Å²) in [6.07, 6.45) is 53.2. The van der Waals surface area contributed by atoms with Crippen LogP contribution in [0, 0.1) is 17.8 Å². The minimum atomic E-state index is 0.0314. The van der Waals surface area contributed by atoms with E-state index in [2.05, 4.69) is 34.6 Å². The molecule has 0 aliphatic rings. The quantitative estimate of drug-likeness (QED) is 0.0453. The summed E-state index contributed by atoms with van der Waals surface area (Å²) in [7, 11) is 0. The number of hydrogen-bond acceptors (Lipinski definition) is 4. The molecule has 0 N–H and O–H groups in total. The fourth-order valence-corrected chi connectivity index (χ4v) is 8.89. The molecule has 0 fully saturated rings. The van der Waals surface area contributed by atoms with Crippen molar-refractivity contribution in [3.63, 3.8) is 0 Å². The van der Waals surface area contributed by atoms with E-state index in [4.69, 9.17) is 9.47 Å². The third kappa shape index (κ3) is 41.7. The second-order valence-corrected chi connectivity index (χ2v) is 18.9. The SMILES string of the molecule is CCCCCCCCCCCC(CCCCCCCCC(=O)OCC(CCCC)CCCCCC)CCCCCCCCC(=O)OCC(CCCC)CCCCCC. The van der Waals surface area contributed by atoms with Gasteiger partial charge in [0, 0.05) is 12.8 Å². The van der Waals surface area contributed by atoms with Gasteiger partial charge in [-0.15, -0.1) is 0 Å². The Bertz CT molecular complexity index is 770. The second-order valence-electron chi connectivity index (χ2n) is 18.9. The molecule has 0 aromatic rings. The largest absolute Gasteiger partial charge is 0.465 e. The van der Waals surface area contributed by atoms with Crippen molar-refractivity contribution in [2.24, 2.45) is 17.8 Å². The summed E-state index contributed by atoms with van der Waals surface area (Å²) in [4.78, 5) is 24.9. The van der Waals surface area contributed by atoms with Gasteiger partial charge in [0.15, 0.2) is 0 Å². The maximum absolute atomic E-state index is 12.5. The van der Waals surface area contributed by atoms with Crippen LogP contribution in [0.15, 0.2) is 0 Å². The molecular weight excluding hydrogens is 713 g/mol. The normalized spacial score (nSPS) is 13.1. The molecule has 0 aliphatic heterocycles. The van der Waals surface area contributed by atoms with Gasteiger partial charge in [0.1, 0.15) is 0 Å². The van der Waals surface area contributed by atoms with Gasteiger partial charge in [0.25, 0.3) is 0 Å². The van der Waals surface area contributed by atoms with Crippen LogP contribution >= 0.6 is 0 Å². The van der Waals surface area contributed by atoms with E-state index < -0.39 is 0 Å². The van der Waals surface area contributed by atoms with Crippen molar-refractivity contribution >= 4 is 11.9 Å². The zero-order valence-electron chi connectivity index (χ0n) is 40.5. The first-order valence-corrected chi connectivity index (χ1v) is 26.8. The van der Waals surface area contributed by atoms with Gasteiger partial charge < -0.3 is 9.47 Å². The summed E-state index contributed by atoms with van der Waals surface area (Å²) in [6.45, 7) is 12.6. The second kappa shape index (κ2) is 47.0. The lowest BCUT2D eigenvalue weighted by molar-refractivity contribution is -0.146. The van der Waals surface area contributed by atoms with Gasteiger partial charge in [-0.3, -0.25) is 9.59 Å². The molecule has 0 aromatic heterocycles. The molecule has 0 aromatic carbocycles. The smallest absolute Gasteiger partial charge is 0.305 e. The Morgan fingerprint density at radius 1 is 0.276 bits per heavy atom. The van der Waals surface area contributed by atoms with Crippen LogP contribution in [0.5, 0.6) is 0 Å². The number of carbonyl (C=O) groups is 2. The van der Waals surface area contributed by atoms with Gasteiger partial charge in [0.05, 0.1) is 13.2 Å². The molecule has 0 amide bonds. The van der Waals surface area contributed by atoms with Crippen molar-refractivity contribution < 1.29 is 19.1 Å². The summed E-state index contributed by atoms with van der Waals surface area (Å²) in [5.74, 6) is 2.07. The Hall–Kier alpha value is -1.06. The highest BCUT2D eigenvalue weighted by molar-refractivity contribution is 5.69. The van der Waals surface area contributed by atoms with E-state index in [-0.39, 0.29) is 11.9 Å². The van der Waals surface area contributed by atoms with E-state index in [9.17, 15) is 9.59 Å². The van der Waals surface area contributed by atoms with Gasteiger partial charge in [-0.05, 0) is 56.3 Å². The van der Waals surface area contributed by atoms with E-state index in [0.717, 1.165) is 31.6 Å². The molecule has 0 saturated heterocycles. The fraction of sp³-hybridized carbons (Fsp3) is 0.963. The lowest BCUT2D eigenvalue weighted by Crippen LogP contribution is -2.14. The predicted octanol–water partition coefficient (Wildman–Crippen LogP) is 18.4. The standard InChI is InChI=1S/C54H106O4/c1-6-11-16-19-20-21-22-27-34-41-50(42-35-28-23-25-30-37-46-53(55)57-48-51(39-14-9-4)44-32-17-12-7-2)43-36-29-24-26-31-38-47-54(56)58-49-52(40-15-10-5)45-33-18-13-8-3/h50-52H,6-49H2,1-5H3. The zero-order chi connectivity index (χ0) is 42.4. The Labute approximate surface area is 365 Å². The minimum absolute atomic E-state index is 0.0314. The third-order valence-corrected chi connectivity index (χ3v) is 13.0. The topological polar surface area (TPSA) is 52.6 Å². The molecule has 0 spiro atoms. The highest BCUT2D eigenvalue weighted by Gasteiger charge is 2.14. The van der Waals surface area contributed by atoms with Crippen molar-refractivity contribution in [2.75, 3.05) is 13.2 Å². The fourth-order valence-electron chi connectivity index (χ4n) is 8.89. The summed E-state index contributed by atoms with van der Waals surface area (Å²) in [5, 5.41) is 0. The highest BCUT2D eigenvalue weighted by atomic mass is 16.5. The number of ether oxygens (including phenoxy) is 2. The van der Waals surface area contributed by atoms with E-state index >= 15 is 0 Å². The van der Waals surface area contributed by atoms with Gasteiger partial charge in [0.2, 0.25) is 0 Å². The summed E-state index contributed by atoms with van der Waals surface area (Å²) < 4.78 is 11.5. The molecule has 0 heterocycles. The lowest BCUT2D eigenvalue weighted by atomic mass is 9.89. The average molecular weight is 819 g/mol. The van der Waals surface area contributed by atoms with Crippen LogP contribution in [-0.4, -0.2) is 25.2 Å². The molecule has 0 rings (SSSR count). The first-order valence-electron chi connectivity index (χ1n) is 26.8. The number of hydrogen-bond donors (Lipinski definition) is 0. The summed E-state index contributed by atoms with van der Waals surface area (Å²) >= 11 is 0. The van der Waals surface area contributed by atoms with Gasteiger partial charge in [-0.1, -0.05) is 253 Å². The first-order chi connectivity index (χ1) is 28.5. The minimum Gasteiger partial charge on any atom is -0.465 e. The van der Waals surface area contributed by atoms with Crippen molar-refractivity contribution in [1.82, 2.24) is 0 Å². The monoisotopic (exact) mass is 819 g/mol. The molecule has 4 nitrogen and oxygen atoms in total. The average Bonchev–Trinajstić information content (AvgIpc) is 3.23. The Morgan fingerprint density at radius 3 is 0.810 bits per heavy atom. The van der Waals surface area contributed by atoms with Gasteiger partial charge >= 0.3 is 11.9 Å². The van der Waals surface area contributed by atoms with Crippen molar-refractivity contribution in [2.45, 2.75) is 304 Å². The molecule has 0 radical (unpaired) electrons. The van der Waals surface area contributed by atoms with Crippen molar-refractivity contribution in [3.05, 3.63) is 0 Å². The molecule has 0 bridgehead atoms. The Balaban J connectivity index is 4.31. The molecular formula is C54H106O4. The molecule has 0 aliphatic carbocycles. The van der Waals surface area contributed by atoms with Gasteiger partial charge in [-0.2, -0.15) is 0 Å². The van der Waals surface area contributed by atoms with Crippen molar-refractivity contribution in [3.8, 4) is 0 Å². The molecule has 346 valence electrons. The molecule has 2 unspecified atom stereocenters. The highest BCUT2D eigenvalue weighted by Crippen LogP contribution is 2.26. The van der Waals surface area contributed by atoms with Crippen LogP contribution in [-0.2, 0) is 19.1 Å². The van der Waals surface area contributed by atoms with Crippen LogP contribution in [0.1, 0.15) is 304 Å². The first kappa shape index (κ1) is 56.9. The van der Waals surface area contributed by atoms with Crippen molar-refractivity contribution in [1.29, 1.82) is 0 Å². The van der Waals surface area contributed by atoms with Crippen LogP contribution in [0.3, 0.4) is 0 Å². The summed E-state index contributed by atoms with van der Waals surface area (Å²) in [5.41, 5.74) is 0. The molecule has 4 heteroatoms. The van der Waals surface area contributed by atoms with Crippen LogP contribution in [0.25, 0.3) is 0 Å². The molecule has 2 atom stereocenters. The summed E-state index contributed by atoms with van der Waals surface area (Å²) in [6, 6.07) is 0. The molecule has 0 saturated carbocycles. The number of rotatable bonds is 48. The Kier molecular flexibility index (Phi) is 46.1. The maximum atomic E-state index is 12.5. The van der Waals surface area contributed by atoms with Crippen LogP contribution < -0.4 is 0 Å². The van der Waals surface area contributed by atoms with E-state index in [1.54, 1.807) is 0 Å². The van der Waals surface area contributed by atoms with E-state index in [1.165, 1.54) is 231 Å². The zero-order valence-corrected chi connectivity index (χ0v) is 40.5. The molecule has 58 heavy (non-hydrogen) atoms. The van der Waals surface area contributed by atoms with Crippen LogP contribution in [0.2, 0.25) is 0 Å². The van der Waals surface area contributed by atoms with E-state index in [0.29, 0.717) is 37.9 Å². The number of carbonyl (C=O) groups excluding carboxylic acids is 2. The lowest BCUT2D eigenvalue weighted by Gasteiger charge is -2.17. The van der Waals surface area contributed by atoms with E-state index in [1.807, 2.05) is 0 Å². The number of unbranched alkanes of at least 4 members (excludes halogenated alkanes) is 26. The van der Waals surface area contributed by atoms with Gasteiger partial charge in [-0.25, -0.2) is 0 Å². The number of esters is 2. The maximum Gasteiger partial charge on any atom is 0.305 e. The predicted molar refractivity (Wildman–Crippen MR) is 255 cm³/mol. The van der Waals surface area contributed by atoms with Crippen LogP contribution in [0.4, 0.5) is 0 Å². The third-order valence-electron chi connectivity index (χ3n) is 13.0. The Morgan fingerprint density at radius 2 is 0.500 bits per heavy atom.